The number of nitrogens with one attached hydrogen (secondary N) is 1. The van der Waals surface area contributed by atoms with Crippen LogP contribution >= 0.6 is 0 Å². The molecular formula is C17H19NO4. The molecule has 1 aromatic carbocycles. The summed E-state index contributed by atoms with van der Waals surface area (Å²) < 4.78 is 0. The minimum atomic E-state index is -1.46. The number of rotatable bonds is 8. The molecule has 1 aromatic rings. The molecule has 0 spiro atoms. The fourth-order valence-corrected chi connectivity index (χ4v) is 1.84. The Morgan fingerprint density at radius 2 is 2.09 bits per heavy atom. The second-order valence-corrected chi connectivity index (χ2v) is 4.60. The van der Waals surface area contributed by atoms with Crippen molar-refractivity contribution in [2.45, 2.75) is 31.5 Å². The van der Waals surface area contributed by atoms with E-state index in [-0.39, 0.29) is 6.42 Å². The molecule has 0 bridgehead atoms. The third kappa shape index (κ3) is 6.43. The van der Waals surface area contributed by atoms with Gasteiger partial charge >= 0.3 is 0 Å². The molecule has 5 nitrogen and oxygen atoms in total. The number of aliphatic hydroxyl groups is 1. The lowest BCUT2D eigenvalue weighted by atomic mass is 10.1. The molecule has 0 fully saturated rings. The Kier molecular flexibility index (Phi) is 8.40. The molecule has 116 valence electrons. The summed E-state index contributed by atoms with van der Waals surface area (Å²) in [5.41, 5.74) is 1.08. The Balaban J connectivity index is 2.37. The molecule has 0 aliphatic rings. The summed E-state index contributed by atoms with van der Waals surface area (Å²) in [6.45, 7) is 0.384. The first-order valence-electron chi connectivity index (χ1n) is 6.92. The van der Waals surface area contributed by atoms with Crippen LogP contribution in [0.4, 0.5) is 0 Å². The predicted octanol–water partition coefficient (Wildman–Crippen LogP) is 0.981. The Hall–Kier alpha value is -2.31. The van der Waals surface area contributed by atoms with Crippen molar-refractivity contribution in [3.05, 3.63) is 35.9 Å². The van der Waals surface area contributed by atoms with Crippen molar-refractivity contribution in [1.82, 2.24) is 5.32 Å². The summed E-state index contributed by atoms with van der Waals surface area (Å²) in [6.07, 6.45) is 3.62. The number of terminal acetylenes is 1. The summed E-state index contributed by atoms with van der Waals surface area (Å²) in [5, 5.41) is 21.2. The lowest BCUT2D eigenvalue weighted by molar-refractivity contribution is -0.294. The number of carbonyl (C=O) groups is 1. The monoisotopic (exact) mass is 301 g/mol. The molecule has 3 N–H and O–H groups in total. The normalized spacial score (nSPS) is 12.4. The number of hydrogen-bond donors (Lipinski definition) is 3. The van der Waals surface area contributed by atoms with Crippen molar-refractivity contribution >= 4 is 5.91 Å². The van der Waals surface area contributed by atoms with Crippen molar-refractivity contribution in [3.63, 3.8) is 0 Å². The van der Waals surface area contributed by atoms with Gasteiger partial charge in [0.2, 0.25) is 0 Å². The molecule has 1 amide bonds. The second kappa shape index (κ2) is 10.4. The molecule has 2 unspecified atom stereocenters. The SMILES string of the molecule is C#CC#CCCC(OO)C(O)C(=O)NCCc1ccccc1. The topological polar surface area (TPSA) is 78.8 Å². The molecule has 0 aliphatic carbocycles. The van der Waals surface area contributed by atoms with Gasteiger partial charge < -0.3 is 10.4 Å². The summed E-state index contributed by atoms with van der Waals surface area (Å²) in [7, 11) is 0. The highest BCUT2D eigenvalue weighted by Gasteiger charge is 2.26. The van der Waals surface area contributed by atoms with Crippen molar-refractivity contribution in [2.75, 3.05) is 6.54 Å². The van der Waals surface area contributed by atoms with Crippen LogP contribution in [0.1, 0.15) is 18.4 Å². The minimum absolute atomic E-state index is 0.193. The van der Waals surface area contributed by atoms with E-state index in [1.54, 1.807) is 0 Å². The molecule has 22 heavy (non-hydrogen) atoms. The van der Waals surface area contributed by atoms with E-state index in [1.165, 1.54) is 0 Å². The average Bonchev–Trinajstić information content (AvgIpc) is 2.55. The molecular weight excluding hydrogens is 282 g/mol. The van der Waals surface area contributed by atoms with Crippen LogP contribution in [0.25, 0.3) is 0 Å². The summed E-state index contributed by atoms with van der Waals surface area (Å²) >= 11 is 0. The number of hydrogen-bond acceptors (Lipinski definition) is 4. The summed E-state index contributed by atoms with van der Waals surface area (Å²) in [6, 6.07) is 9.65. The van der Waals surface area contributed by atoms with Crippen molar-refractivity contribution in [1.29, 1.82) is 0 Å². The van der Waals surface area contributed by atoms with Crippen molar-refractivity contribution < 1.29 is 20.0 Å². The summed E-state index contributed by atoms with van der Waals surface area (Å²) in [5.74, 6) is 6.60. The van der Waals surface area contributed by atoms with E-state index in [0.717, 1.165) is 5.56 Å². The van der Waals surface area contributed by atoms with Gasteiger partial charge in [0.05, 0.1) is 0 Å². The van der Waals surface area contributed by atoms with Crippen LogP contribution in [0.2, 0.25) is 0 Å². The number of aliphatic hydroxyl groups excluding tert-OH is 1. The van der Waals surface area contributed by atoms with E-state index in [0.29, 0.717) is 19.4 Å². The van der Waals surface area contributed by atoms with Crippen LogP contribution in [0.3, 0.4) is 0 Å². The number of benzene rings is 1. The third-order valence-electron chi connectivity index (χ3n) is 3.03. The zero-order valence-corrected chi connectivity index (χ0v) is 12.2. The first-order valence-corrected chi connectivity index (χ1v) is 6.92. The Labute approximate surface area is 130 Å². The Bertz CT molecular complexity index is 554. The maximum Gasteiger partial charge on any atom is 0.251 e. The van der Waals surface area contributed by atoms with Crippen LogP contribution in [-0.4, -0.2) is 35.0 Å². The van der Waals surface area contributed by atoms with Crippen molar-refractivity contribution in [3.8, 4) is 24.2 Å². The molecule has 2 atom stereocenters. The maximum atomic E-state index is 11.8. The van der Waals surface area contributed by atoms with E-state index < -0.39 is 18.1 Å². The summed E-state index contributed by atoms with van der Waals surface area (Å²) in [4.78, 5) is 15.9. The van der Waals surface area contributed by atoms with Gasteiger partial charge in [-0.25, -0.2) is 4.89 Å². The van der Waals surface area contributed by atoms with Crippen LogP contribution in [-0.2, 0) is 16.1 Å². The standard InChI is InChI=1S/C17H19NO4/c1-2-3-4-8-11-15(22-21)16(19)17(20)18-13-12-14-9-6-5-7-10-14/h1,5-7,9-10,15-16,19,21H,8,11-13H2,(H,18,20). The van der Waals surface area contributed by atoms with Gasteiger partial charge in [0.25, 0.3) is 5.91 Å². The first kappa shape index (κ1) is 17.7. The van der Waals surface area contributed by atoms with Gasteiger partial charge in [0.15, 0.2) is 6.10 Å². The third-order valence-corrected chi connectivity index (χ3v) is 3.03. The Morgan fingerprint density at radius 1 is 1.36 bits per heavy atom. The number of amides is 1. The molecule has 0 saturated heterocycles. The molecule has 0 aliphatic heterocycles. The van der Waals surface area contributed by atoms with Crippen LogP contribution in [0.15, 0.2) is 30.3 Å². The van der Waals surface area contributed by atoms with Crippen LogP contribution < -0.4 is 5.32 Å². The van der Waals surface area contributed by atoms with E-state index in [4.69, 9.17) is 11.7 Å². The zero-order valence-electron chi connectivity index (χ0n) is 12.2. The molecule has 0 aromatic heterocycles. The minimum Gasteiger partial charge on any atom is -0.380 e. The fraction of sp³-hybridized carbons (Fsp3) is 0.353. The highest BCUT2D eigenvalue weighted by molar-refractivity contribution is 5.81. The van der Waals surface area contributed by atoms with Gasteiger partial charge in [-0.2, -0.15) is 0 Å². The fourth-order valence-electron chi connectivity index (χ4n) is 1.84. The van der Waals surface area contributed by atoms with Gasteiger partial charge in [0.1, 0.15) is 6.10 Å². The molecule has 0 heterocycles. The highest BCUT2D eigenvalue weighted by Crippen LogP contribution is 2.07. The zero-order chi connectivity index (χ0) is 16.2. The highest BCUT2D eigenvalue weighted by atomic mass is 17.1. The molecule has 0 saturated carbocycles. The van der Waals surface area contributed by atoms with E-state index >= 15 is 0 Å². The molecule has 0 radical (unpaired) electrons. The molecule has 5 heteroatoms. The number of carbonyl (C=O) groups excluding carboxylic acids is 1. The predicted molar refractivity (Wildman–Crippen MR) is 82.5 cm³/mol. The van der Waals surface area contributed by atoms with Gasteiger partial charge in [-0.1, -0.05) is 36.3 Å². The van der Waals surface area contributed by atoms with E-state index in [1.807, 2.05) is 30.3 Å². The average molecular weight is 301 g/mol. The van der Waals surface area contributed by atoms with E-state index in [9.17, 15) is 9.90 Å². The van der Waals surface area contributed by atoms with E-state index in [2.05, 4.69) is 28.0 Å². The Morgan fingerprint density at radius 3 is 2.73 bits per heavy atom. The molecule has 1 rings (SSSR count). The second-order valence-electron chi connectivity index (χ2n) is 4.60. The quantitative estimate of drug-likeness (QED) is 0.380. The van der Waals surface area contributed by atoms with Gasteiger partial charge in [-0.15, -0.1) is 6.42 Å². The van der Waals surface area contributed by atoms with Gasteiger partial charge in [-0.3, -0.25) is 10.1 Å². The van der Waals surface area contributed by atoms with Gasteiger partial charge in [-0.05, 0) is 30.2 Å². The smallest absolute Gasteiger partial charge is 0.251 e. The van der Waals surface area contributed by atoms with Crippen molar-refractivity contribution in [2.24, 2.45) is 0 Å². The first-order chi connectivity index (χ1) is 10.7. The van der Waals surface area contributed by atoms with Crippen LogP contribution in [0.5, 0.6) is 0 Å². The lowest BCUT2D eigenvalue weighted by Crippen LogP contribution is -2.43. The maximum absolute atomic E-state index is 11.8. The van der Waals surface area contributed by atoms with Crippen LogP contribution in [0, 0.1) is 24.2 Å². The lowest BCUT2D eigenvalue weighted by Gasteiger charge is -2.18. The largest absolute Gasteiger partial charge is 0.380 e. The van der Waals surface area contributed by atoms with Gasteiger partial charge in [0, 0.05) is 13.0 Å².